The van der Waals surface area contributed by atoms with Crippen LogP contribution in [0.3, 0.4) is 0 Å². The van der Waals surface area contributed by atoms with E-state index in [1.807, 2.05) is 25.1 Å². The zero-order chi connectivity index (χ0) is 22.1. The number of nitrogens with zero attached hydrogens (tertiary/aromatic N) is 4. The second-order valence-electron chi connectivity index (χ2n) is 8.59. The number of hydrogen-bond donors (Lipinski definition) is 3. The van der Waals surface area contributed by atoms with Crippen LogP contribution in [-0.2, 0) is 4.79 Å². The van der Waals surface area contributed by atoms with Crippen molar-refractivity contribution in [1.29, 1.82) is 0 Å². The van der Waals surface area contributed by atoms with Crippen LogP contribution < -0.4 is 16.0 Å². The number of aromatic nitrogens is 1. The first-order chi connectivity index (χ1) is 15.5. The van der Waals surface area contributed by atoms with E-state index >= 15 is 0 Å². The third kappa shape index (κ3) is 4.12. The van der Waals surface area contributed by atoms with Gasteiger partial charge in [-0.2, -0.15) is 0 Å². The van der Waals surface area contributed by atoms with Crippen LogP contribution in [0, 0.1) is 12.8 Å². The number of nitrogens with one attached hydrogen (secondary N) is 3. The molecule has 1 aromatic heterocycles. The molecule has 9 heteroatoms. The third-order valence-electron chi connectivity index (χ3n) is 6.32. The maximum Gasteiger partial charge on any atom is 0.224 e. The molecule has 32 heavy (non-hydrogen) atoms. The van der Waals surface area contributed by atoms with Crippen LogP contribution in [0.5, 0.6) is 0 Å². The lowest BCUT2D eigenvalue weighted by Gasteiger charge is -2.39. The first kappa shape index (κ1) is 21.0. The number of rotatable bonds is 3. The van der Waals surface area contributed by atoms with Crippen molar-refractivity contribution < 1.29 is 4.79 Å². The van der Waals surface area contributed by atoms with Gasteiger partial charge in [0.1, 0.15) is 11.6 Å². The van der Waals surface area contributed by atoms with E-state index in [1.54, 1.807) is 18.5 Å². The first-order valence-electron chi connectivity index (χ1n) is 11.0. The summed E-state index contributed by atoms with van der Waals surface area (Å²) in [6.07, 6.45) is 9.83. The van der Waals surface area contributed by atoms with Gasteiger partial charge in [0.15, 0.2) is 5.66 Å². The van der Waals surface area contributed by atoms with Crippen LogP contribution in [0.15, 0.2) is 49.9 Å². The summed E-state index contributed by atoms with van der Waals surface area (Å²) in [6.45, 7) is 4.02. The second-order valence-corrected chi connectivity index (χ2v) is 9.02. The van der Waals surface area contributed by atoms with Crippen molar-refractivity contribution in [3.63, 3.8) is 0 Å². The van der Waals surface area contributed by atoms with Crippen LogP contribution in [0.4, 0.5) is 11.5 Å². The lowest BCUT2D eigenvalue weighted by Crippen LogP contribution is -2.46. The molecule has 1 saturated carbocycles. The van der Waals surface area contributed by atoms with E-state index in [-0.39, 0.29) is 11.7 Å². The molecule has 4 heterocycles. The molecule has 0 radical (unpaired) electrons. The lowest BCUT2D eigenvalue weighted by atomic mass is 9.75. The maximum absolute atomic E-state index is 12.3. The zero-order valence-corrected chi connectivity index (χ0v) is 18.7. The van der Waals surface area contributed by atoms with E-state index in [0.29, 0.717) is 29.9 Å². The van der Waals surface area contributed by atoms with Crippen LogP contribution in [0.1, 0.15) is 31.4 Å². The number of piperidine rings is 1. The Hall–Kier alpha value is -2.84. The summed E-state index contributed by atoms with van der Waals surface area (Å²) in [7, 11) is 0. The van der Waals surface area contributed by atoms with Crippen molar-refractivity contribution in [3.05, 3.63) is 40.6 Å². The fourth-order valence-corrected chi connectivity index (χ4v) is 4.82. The SMILES string of the molecule is Cc1nc(NC2CCNCC2)ccc1NC1=NC23N=CC=C(Cl)C=C2CC(=O)CC3C=N1. The molecule has 1 spiro atoms. The van der Waals surface area contributed by atoms with Crippen molar-refractivity contribution in [2.75, 3.05) is 23.7 Å². The van der Waals surface area contributed by atoms with Gasteiger partial charge in [0.2, 0.25) is 5.96 Å². The molecule has 1 aromatic rings. The largest absolute Gasteiger partial charge is 0.367 e. The van der Waals surface area contributed by atoms with Gasteiger partial charge in [-0.05, 0) is 62.7 Å². The number of guanidine groups is 1. The van der Waals surface area contributed by atoms with Crippen LogP contribution in [0.2, 0.25) is 0 Å². The Labute approximate surface area is 192 Å². The molecule has 166 valence electrons. The van der Waals surface area contributed by atoms with E-state index < -0.39 is 5.66 Å². The van der Waals surface area contributed by atoms with Gasteiger partial charge < -0.3 is 16.0 Å². The van der Waals surface area contributed by atoms with Crippen molar-refractivity contribution in [1.82, 2.24) is 10.3 Å². The smallest absolute Gasteiger partial charge is 0.224 e. The average Bonchev–Trinajstić information content (AvgIpc) is 2.92. The van der Waals surface area contributed by atoms with Crippen molar-refractivity contribution in [2.24, 2.45) is 20.9 Å². The Bertz CT molecular complexity index is 1080. The third-order valence-corrected chi connectivity index (χ3v) is 6.55. The minimum atomic E-state index is -0.886. The summed E-state index contributed by atoms with van der Waals surface area (Å²) in [5.41, 5.74) is 1.60. The van der Waals surface area contributed by atoms with E-state index in [1.165, 1.54) is 0 Å². The molecule has 8 nitrogen and oxygen atoms in total. The van der Waals surface area contributed by atoms with Crippen LogP contribution >= 0.6 is 11.6 Å². The number of aryl methyl sites for hydroxylation is 1. The minimum absolute atomic E-state index is 0.147. The molecule has 3 N–H and O–H groups in total. The number of allylic oxidation sites excluding steroid dienone is 3. The monoisotopic (exact) mass is 451 g/mol. The molecule has 3 aliphatic heterocycles. The number of carbonyl (C=O) groups is 1. The van der Waals surface area contributed by atoms with Crippen molar-refractivity contribution >= 4 is 47.3 Å². The van der Waals surface area contributed by atoms with Crippen molar-refractivity contribution in [2.45, 2.75) is 44.3 Å². The van der Waals surface area contributed by atoms with Gasteiger partial charge in [-0.1, -0.05) is 11.6 Å². The Morgan fingerprint density at radius 2 is 2.09 bits per heavy atom. The highest BCUT2D eigenvalue weighted by atomic mass is 35.5. The fraction of sp³-hybridized carbons (Fsp3) is 0.435. The molecule has 1 saturated heterocycles. The van der Waals surface area contributed by atoms with Gasteiger partial charge in [-0.15, -0.1) is 0 Å². The van der Waals surface area contributed by atoms with Crippen LogP contribution in [0.25, 0.3) is 0 Å². The Morgan fingerprint density at radius 1 is 1.25 bits per heavy atom. The molecular formula is C23H26ClN7O. The molecule has 2 unspecified atom stereocenters. The van der Waals surface area contributed by atoms with E-state index in [4.69, 9.17) is 26.6 Å². The summed E-state index contributed by atoms with van der Waals surface area (Å²) in [5.74, 6) is 1.25. The summed E-state index contributed by atoms with van der Waals surface area (Å²) >= 11 is 6.25. The molecule has 4 aliphatic rings. The number of Topliss-reactive ketones (excluding diaryl/α,β-unsaturated/α-hetero) is 1. The Balaban J connectivity index is 1.38. The summed E-state index contributed by atoms with van der Waals surface area (Å²) in [6, 6.07) is 4.41. The van der Waals surface area contributed by atoms with Gasteiger partial charge in [-0.3, -0.25) is 9.79 Å². The van der Waals surface area contributed by atoms with E-state index in [9.17, 15) is 4.79 Å². The lowest BCUT2D eigenvalue weighted by molar-refractivity contribution is -0.120. The molecule has 1 aliphatic carbocycles. The van der Waals surface area contributed by atoms with Crippen molar-refractivity contribution in [3.8, 4) is 0 Å². The standard InChI is InChI=1S/C23H26ClN7O/c1-14-20(2-3-21(28-14)29-18-5-7-25-8-6-18)30-22-26-13-16-12-19(32)11-15-10-17(24)4-9-27-23(15,16)31-22/h2-4,9-10,13,16,18,25H,5-8,11-12H2,1H3,(H,28,29)(H,30,31). The topological polar surface area (TPSA) is 103 Å². The average molecular weight is 452 g/mol. The molecule has 0 amide bonds. The molecular weight excluding hydrogens is 426 g/mol. The quantitative estimate of drug-likeness (QED) is 0.654. The molecule has 0 aromatic carbocycles. The van der Waals surface area contributed by atoms with Gasteiger partial charge >= 0.3 is 0 Å². The van der Waals surface area contributed by atoms with Gasteiger partial charge in [0, 0.05) is 36.3 Å². The molecule has 5 rings (SSSR count). The first-order valence-corrected chi connectivity index (χ1v) is 11.4. The second kappa shape index (κ2) is 8.60. The normalized spacial score (nSPS) is 27.5. The predicted octanol–water partition coefficient (Wildman–Crippen LogP) is 3.22. The number of anilines is 2. The maximum atomic E-state index is 12.3. The zero-order valence-electron chi connectivity index (χ0n) is 17.9. The summed E-state index contributed by atoms with van der Waals surface area (Å²) in [4.78, 5) is 31.1. The number of halogens is 1. The number of aliphatic imine (C=N–C) groups is 3. The van der Waals surface area contributed by atoms with Gasteiger partial charge in [0.05, 0.1) is 17.3 Å². The van der Waals surface area contributed by atoms with Gasteiger partial charge in [-0.25, -0.2) is 15.0 Å². The molecule has 2 fully saturated rings. The summed E-state index contributed by atoms with van der Waals surface area (Å²) in [5, 5.41) is 10.7. The van der Waals surface area contributed by atoms with Crippen LogP contribution in [-0.4, -0.2) is 54.0 Å². The highest BCUT2D eigenvalue weighted by molar-refractivity contribution is 6.32. The number of carbonyl (C=O) groups excluding carboxylic acids is 1. The molecule has 2 atom stereocenters. The fourth-order valence-electron chi connectivity index (χ4n) is 4.63. The number of ketones is 1. The predicted molar refractivity (Wildman–Crippen MR) is 129 cm³/mol. The number of pyridine rings is 1. The number of hydrogen-bond acceptors (Lipinski definition) is 8. The van der Waals surface area contributed by atoms with E-state index in [2.05, 4.69) is 20.9 Å². The minimum Gasteiger partial charge on any atom is -0.367 e. The Morgan fingerprint density at radius 3 is 2.91 bits per heavy atom. The Kier molecular flexibility index (Phi) is 5.65. The summed E-state index contributed by atoms with van der Waals surface area (Å²) < 4.78 is 0. The molecule has 0 bridgehead atoms. The highest BCUT2D eigenvalue weighted by Crippen LogP contribution is 2.43. The van der Waals surface area contributed by atoms with E-state index in [0.717, 1.165) is 48.7 Å². The van der Waals surface area contributed by atoms with Gasteiger partial charge in [0.25, 0.3) is 0 Å². The highest BCUT2D eigenvalue weighted by Gasteiger charge is 2.48.